The number of methoxy groups -OCH3 is 2. The molecule has 0 unspecified atom stereocenters. The Morgan fingerprint density at radius 3 is 2.31 bits per heavy atom. The molecule has 5 aromatic rings. The van der Waals surface area contributed by atoms with Crippen LogP contribution in [-0.4, -0.2) is 37.3 Å². The van der Waals surface area contributed by atoms with Crippen molar-refractivity contribution in [2.45, 2.75) is 0 Å². The molecule has 0 bridgehead atoms. The number of fused-ring (bicyclic) bond motifs is 1. The van der Waals surface area contributed by atoms with Crippen LogP contribution in [0, 0.1) is 0 Å². The predicted molar refractivity (Wildman–Crippen MR) is 165 cm³/mol. The molecule has 0 saturated carbocycles. The van der Waals surface area contributed by atoms with Gasteiger partial charge in [-0.1, -0.05) is 65.1 Å². The maximum Gasteiger partial charge on any atom is 0.347 e. The zero-order valence-electron chi connectivity index (χ0n) is 22.2. The highest BCUT2D eigenvalue weighted by atomic mass is 35.5. The first kappa shape index (κ1) is 29.0. The van der Waals surface area contributed by atoms with E-state index in [0.717, 1.165) is 5.56 Å². The monoisotopic (exact) mass is 621 g/mol. The molecule has 2 N–H and O–H groups in total. The Kier molecular flexibility index (Phi) is 8.68. The van der Waals surface area contributed by atoms with Gasteiger partial charge >= 0.3 is 5.97 Å². The minimum atomic E-state index is -0.671. The Balaban J connectivity index is 1.37. The summed E-state index contributed by atoms with van der Waals surface area (Å²) in [6, 6.07) is 22.2. The second kappa shape index (κ2) is 12.6. The van der Waals surface area contributed by atoms with E-state index in [1.165, 1.54) is 26.5 Å². The van der Waals surface area contributed by atoms with Gasteiger partial charge in [0.25, 0.3) is 5.91 Å². The van der Waals surface area contributed by atoms with Crippen molar-refractivity contribution in [3.63, 3.8) is 0 Å². The number of hydrazone groups is 1. The number of carbonyl (C=O) groups is 2. The number of hydrogen-bond acceptors (Lipinski definition) is 6. The fourth-order valence-corrected chi connectivity index (χ4v) is 5.07. The number of amides is 1. The lowest BCUT2D eigenvalue weighted by Crippen LogP contribution is -2.18. The van der Waals surface area contributed by atoms with E-state index in [4.69, 9.17) is 49.0 Å². The summed E-state index contributed by atoms with van der Waals surface area (Å²) in [6.45, 7) is 0. The smallest absolute Gasteiger partial charge is 0.347 e. The first-order valence-electron chi connectivity index (χ1n) is 12.4. The molecule has 4 aromatic carbocycles. The molecule has 1 heterocycles. The number of aromatic amines is 1. The van der Waals surface area contributed by atoms with Gasteiger partial charge in [-0.2, -0.15) is 5.10 Å². The Bertz CT molecular complexity index is 1840. The van der Waals surface area contributed by atoms with Gasteiger partial charge in [0.15, 0.2) is 11.5 Å². The maximum absolute atomic E-state index is 13.3. The number of aromatic nitrogens is 1. The lowest BCUT2D eigenvalue weighted by molar-refractivity contribution is 0.0726. The normalized spacial score (nSPS) is 11.1. The van der Waals surface area contributed by atoms with E-state index in [1.807, 2.05) is 30.3 Å². The predicted octanol–water partition coefficient (Wildman–Crippen LogP) is 7.80. The summed E-state index contributed by atoms with van der Waals surface area (Å²) in [6.07, 6.45) is 1.43. The van der Waals surface area contributed by atoms with Gasteiger partial charge in [-0.05, 0) is 59.7 Å². The summed E-state index contributed by atoms with van der Waals surface area (Å²) in [5, 5.41) is 6.01. The van der Waals surface area contributed by atoms with Crippen molar-refractivity contribution < 1.29 is 23.8 Å². The van der Waals surface area contributed by atoms with Gasteiger partial charge in [-0.3, -0.25) is 4.79 Å². The van der Waals surface area contributed by atoms with E-state index >= 15 is 0 Å². The molecule has 42 heavy (non-hydrogen) atoms. The van der Waals surface area contributed by atoms with Gasteiger partial charge in [0.05, 0.1) is 31.0 Å². The van der Waals surface area contributed by atoms with Crippen LogP contribution in [0.5, 0.6) is 17.2 Å². The Morgan fingerprint density at radius 1 is 0.833 bits per heavy atom. The number of H-pyrrole nitrogens is 1. The zero-order chi connectivity index (χ0) is 29.8. The van der Waals surface area contributed by atoms with E-state index in [2.05, 4.69) is 15.5 Å². The topological polar surface area (TPSA) is 102 Å². The largest absolute Gasteiger partial charge is 0.496 e. The minimum absolute atomic E-state index is 0.163. The number of carbonyl (C=O) groups excluding carboxylic acids is 2. The van der Waals surface area contributed by atoms with Gasteiger partial charge in [-0.25, -0.2) is 10.2 Å². The van der Waals surface area contributed by atoms with Crippen LogP contribution in [0.2, 0.25) is 15.1 Å². The molecule has 0 aliphatic carbocycles. The van der Waals surface area contributed by atoms with Gasteiger partial charge in [-0.15, -0.1) is 0 Å². The highest BCUT2D eigenvalue weighted by molar-refractivity contribution is 6.39. The lowest BCUT2D eigenvalue weighted by Gasteiger charge is -2.12. The van der Waals surface area contributed by atoms with Crippen LogP contribution in [0.4, 0.5) is 0 Å². The second-order valence-electron chi connectivity index (χ2n) is 8.89. The first-order chi connectivity index (χ1) is 20.3. The fourth-order valence-electron chi connectivity index (χ4n) is 4.36. The lowest BCUT2D eigenvalue weighted by atomic mass is 10.0. The van der Waals surface area contributed by atoms with Crippen LogP contribution in [0.15, 0.2) is 84.0 Å². The van der Waals surface area contributed by atoms with Crippen molar-refractivity contribution in [1.82, 2.24) is 10.4 Å². The Labute approximate surface area is 255 Å². The molecule has 0 aliphatic rings. The maximum atomic E-state index is 13.3. The van der Waals surface area contributed by atoms with Crippen molar-refractivity contribution in [2.75, 3.05) is 14.2 Å². The molecule has 8 nitrogen and oxygen atoms in total. The summed E-state index contributed by atoms with van der Waals surface area (Å²) < 4.78 is 16.2. The molecule has 0 spiro atoms. The molecule has 1 aromatic heterocycles. The van der Waals surface area contributed by atoms with E-state index < -0.39 is 11.9 Å². The molecule has 1 amide bonds. The number of halogens is 3. The van der Waals surface area contributed by atoms with E-state index in [9.17, 15) is 9.59 Å². The number of rotatable bonds is 8. The van der Waals surface area contributed by atoms with Gasteiger partial charge in [0, 0.05) is 21.0 Å². The molecule has 0 aliphatic heterocycles. The summed E-state index contributed by atoms with van der Waals surface area (Å²) in [5.41, 5.74) is 5.59. The number of benzene rings is 4. The minimum Gasteiger partial charge on any atom is -0.496 e. The molecule has 212 valence electrons. The third kappa shape index (κ3) is 6.06. The molecule has 0 saturated heterocycles. The average molecular weight is 623 g/mol. The van der Waals surface area contributed by atoms with E-state index in [1.54, 1.807) is 42.5 Å². The quantitative estimate of drug-likeness (QED) is 0.0796. The highest BCUT2D eigenvalue weighted by Gasteiger charge is 2.21. The molecule has 0 radical (unpaired) electrons. The van der Waals surface area contributed by atoms with Gasteiger partial charge in [0.1, 0.15) is 17.0 Å². The number of ether oxygens (including phenoxy) is 3. The highest BCUT2D eigenvalue weighted by Crippen LogP contribution is 2.37. The molecule has 5 rings (SSSR count). The van der Waals surface area contributed by atoms with Crippen molar-refractivity contribution in [2.24, 2.45) is 5.10 Å². The Morgan fingerprint density at radius 2 is 1.57 bits per heavy atom. The van der Waals surface area contributed by atoms with Crippen LogP contribution in [0.3, 0.4) is 0 Å². The van der Waals surface area contributed by atoms with Crippen molar-refractivity contribution in [3.05, 3.63) is 111 Å². The van der Waals surface area contributed by atoms with E-state index in [-0.39, 0.29) is 22.8 Å². The fraction of sp³-hybridized carbons (Fsp3) is 0.0645. The van der Waals surface area contributed by atoms with E-state index in [0.29, 0.717) is 42.8 Å². The number of esters is 1. The molecular weight excluding hydrogens is 601 g/mol. The molecule has 0 fully saturated rings. The molecule has 0 atom stereocenters. The van der Waals surface area contributed by atoms with Gasteiger partial charge < -0.3 is 19.2 Å². The second-order valence-corrected chi connectivity index (χ2v) is 10.2. The van der Waals surface area contributed by atoms with Crippen LogP contribution < -0.4 is 19.6 Å². The number of nitrogens with zero attached hydrogens (tertiary/aromatic N) is 1. The molecule has 11 heteroatoms. The summed E-state index contributed by atoms with van der Waals surface area (Å²) in [4.78, 5) is 29.2. The van der Waals surface area contributed by atoms with Crippen molar-refractivity contribution in [1.29, 1.82) is 0 Å². The zero-order valence-corrected chi connectivity index (χ0v) is 24.5. The molecular formula is C31H22Cl3N3O5. The van der Waals surface area contributed by atoms with Gasteiger partial charge in [0.2, 0.25) is 0 Å². The third-order valence-electron chi connectivity index (χ3n) is 6.27. The standard InChI is InChI=1S/C31H22Cl3N3O5/c1-40-24-11-9-19(32)13-21(24)31(39)42-25-10-8-17(12-26(25)41-2)16-35-37-30(38)29-27(18-6-4-3-5-7-18)22-14-20(33)15-23(34)28(22)36-29/h3-16,36H,1-2H3,(H,37,38). The first-order valence-corrected chi connectivity index (χ1v) is 13.6. The Hall–Kier alpha value is -4.50. The number of nitrogens with one attached hydrogen (secondary N) is 2. The average Bonchev–Trinajstić information content (AvgIpc) is 3.38. The summed E-state index contributed by atoms with van der Waals surface area (Å²) in [7, 11) is 2.88. The SMILES string of the molecule is COc1cc(C=NNC(=O)c2[nH]c3c(Cl)cc(Cl)cc3c2-c2ccccc2)ccc1OC(=O)c1cc(Cl)ccc1OC. The van der Waals surface area contributed by atoms with Crippen LogP contribution in [-0.2, 0) is 0 Å². The van der Waals surface area contributed by atoms with Crippen LogP contribution >= 0.6 is 34.8 Å². The summed E-state index contributed by atoms with van der Waals surface area (Å²) >= 11 is 18.7. The van der Waals surface area contributed by atoms with Crippen LogP contribution in [0.25, 0.3) is 22.0 Å². The third-order valence-corrected chi connectivity index (χ3v) is 7.02. The number of hydrogen-bond donors (Lipinski definition) is 2. The summed E-state index contributed by atoms with van der Waals surface area (Å²) in [5.74, 6) is -0.393. The van der Waals surface area contributed by atoms with Crippen molar-refractivity contribution in [3.8, 4) is 28.4 Å². The van der Waals surface area contributed by atoms with Crippen molar-refractivity contribution >= 4 is 63.8 Å². The van der Waals surface area contributed by atoms with Crippen LogP contribution in [0.1, 0.15) is 26.4 Å².